The van der Waals surface area contributed by atoms with Crippen molar-refractivity contribution in [3.8, 4) is 0 Å². The maximum Gasteiger partial charge on any atom is 0.0897 e. The van der Waals surface area contributed by atoms with E-state index < -0.39 is 0 Å². The number of hydrogen-bond donors (Lipinski definition) is 1. The first-order chi connectivity index (χ1) is 8.79. The van der Waals surface area contributed by atoms with Gasteiger partial charge in [0.1, 0.15) is 0 Å². The van der Waals surface area contributed by atoms with Gasteiger partial charge in [-0.15, -0.1) is 11.3 Å². The summed E-state index contributed by atoms with van der Waals surface area (Å²) in [6.45, 7) is 9.99. The number of nitrogens with one attached hydrogen (secondary N) is 1. The van der Waals surface area contributed by atoms with Gasteiger partial charge in [0, 0.05) is 31.1 Å². The highest BCUT2D eigenvalue weighted by molar-refractivity contribution is 7.09. The van der Waals surface area contributed by atoms with Gasteiger partial charge < -0.3 is 10.1 Å². The van der Waals surface area contributed by atoms with Crippen LogP contribution < -0.4 is 5.32 Å². The van der Waals surface area contributed by atoms with Crippen LogP contribution in [0, 0.1) is 6.92 Å². The number of morpholine rings is 1. The van der Waals surface area contributed by atoms with E-state index in [-0.39, 0.29) is 0 Å². The van der Waals surface area contributed by atoms with Crippen molar-refractivity contribution in [2.45, 2.75) is 32.9 Å². The molecule has 0 radical (unpaired) electrons. The van der Waals surface area contributed by atoms with Gasteiger partial charge in [0.05, 0.1) is 23.9 Å². The Kier molecular flexibility index (Phi) is 5.56. The second-order valence-electron chi connectivity index (χ2n) is 4.76. The Balaban J connectivity index is 1.86. The average molecular weight is 269 g/mol. The van der Waals surface area contributed by atoms with E-state index in [9.17, 15) is 0 Å². The average Bonchev–Trinajstić information content (AvgIpc) is 2.77. The first-order valence-electron chi connectivity index (χ1n) is 6.73. The van der Waals surface area contributed by atoms with Crippen LogP contribution in [-0.2, 0) is 11.3 Å². The molecule has 102 valence electrons. The normalized spacial score (nSPS) is 21.3. The van der Waals surface area contributed by atoms with E-state index >= 15 is 0 Å². The lowest BCUT2D eigenvalue weighted by Gasteiger charge is -2.35. The van der Waals surface area contributed by atoms with Gasteiger partial charge in [0.15, 0.2) is 0 Å². The molecule has 0 aromatic carbocycles. The maximum atomic E-state index is 5.59. The molecule has 0 bridgehead atoms. The summed E-state index contributed by atoms with van der Waals surface area (Å²) >= 11 is 1.73. The second kappa shape index (κ2) is 7.19. The number of rotatable bonds is 6. The van der Waals surface area contributed by atoms with Crippen LogP contribution in [-0.4, -0.2) is 48.8 Å². The van der Waals surface area contributed by atoms with Crippen molar-refractivity contribution in [1.29, 1.82) is 0 Å². The molecule has 2 rings (SSSR count). The minimum atomic E-state index is 0.479. The number of aryl methyl sites for hydroxylation is 1. The van der Waals surface area contributed by atoms with E-state index in [2.05, 4.69) is 34.4 Å². The molecule has 1 unspecified atom stereocenters. The SMILES string of the molecule is CCCNCC1COCCN1Cc1csc(C)n1. The Morgan fingerprint density at radius 1 is 1.61 bits per heavy atom. The van der Waals surface area contributed by atoms with Crippen LogP contribution in [0.2, 0.25) is 0 Å². The Labute approximate surface area is 113 Å². The Morgan fingerprint density at radius 2 is 2.50 bits per heavy atom. The van der Waals surface area contributed by atoms with E-state index in [1.165, 1.54) is 12.1 Å². The molecule has 1 fully saturated rings. The highest BCUT2D eigenvalue weighted by atomic mass is 32.1. The molecular formula is C13H23N3OS. The van der Waals surface area contributed by atoms with Crippen molar-refractivity contribution < 1.29 is 4.74 Å². The van der Waals surface area contributed by atoms with Crippen molar-refractivity contribution in [2.24, 2.45) is 0 Å². The van der Waals surface area contributed by atoms with Gasteiger partial charge >= 0.3 is 0 Å². The molecular weight excluding hydrogens is 246 g/mol. The predicted octanol–water partition coefficient (Wildman–Crippen LogP) is 1.65. The molecule has 1 saturated heterocycles. The molecule has 0 amide bonds. The zero-order valence-corrected chi connectivity index (χ0v) is 12.1. The zero-order chi connectivity index (χ0) is 12.8. The van der Waals surface area contributed by atoms with Gasteiger partial charge in [0.2, 0.25) is 0 Å². The van der Waals surface area contributed by atoms with E-state index in [1.807, 2.05) is 0 Å². The van der Waals surface area contributed by atoms with E-state index in [4.69, 9.17) is 4.74 Å². The van der Waals surface area contributed by atoms with Crippen LogP contribution >= 0.6 is 11.3 Å². The third kappa shape index (κ3) is 4.02. The fourth-order valence-corrected chi connectivity index (χ4v) is 2.82. The molecule has 18 heavy (non-hydrogen) atoms. The van der Waals surface area contributed by atoms with Crippen molar-refractivity contribution in [1.82, 2.24) is 15.2 Å². The van der Waals surface area contributed by atoms with Gasteiger partial charge in [-0.3, -0.25) is 4.90 Å². The highest BCUT2D eigenvalue weighted by Gasteiger charge is 2.23. The monoisotopic (exact) mass is 269 g/mol. The first-order valence-corrected chi connectivity index (χ1v) is 7.61. The van der Waals surface area contributed by atoms with Gasteiger partial charge in [0.25, 0.3) is 0 Å². The van der Waals surface area contributed by atoms with Crippen LogP contribution in [0.25, 0.3) is 0 Å². The maximum absolute atomic E-state index is 5.59. The second-order valence-corrected chi connectivity index (χ2v) is 5.82. The number of ether oxygens (including phenoxy) is 1. The summed E-state index contributed by atoms with van der Waals surface area (Å²) in [6.07, 6.45) is 1.18. The van der Waals surface area contributed by atoms with E-state index in [0.717, 1.165) is 44.4 Å². The molecule has 4 nitrogen and oxygen atoms in total. The van der Waals surface area contributed by atoms with Crippen LogP contribution in [0.15, 0.2) is 5.38 Å². The summed E-state index contributed by atoms with van der Waals surface area (Å²) in [5.41, 5.74) is 1.19. The fourth-order valence-electron chi connectivity index (χ4n) is 2.22. The molecule has 0 spiro atoms. The van der Waals surface area contributed by atoms with Crippen molar-refractivity contribution in [2.75, 3.05) is 32.8 Å². The summed E-state index contributed by atoms with van der Waals surface area (Å²) in [6, 6.07) is 0.479. The number of thiazole rings is 1. The van der Waals surface area contributed by atoms with Gasteiger partial charge in [-0.05, 0) is 19.9 Å². The first kappa shape index (κ1) is 13.9. The summed E-state index contributed by atoms with van der Waals surface area (Å²) < 4.78 is 5.59. The molecule has 1 aliphatic rings. The molecule has 1 aliphatic heterocycles. The van der Waals surface area contributed by atoms with Gasteiger partial charge in [-0.2, -0.15) is 0 Å². The minimum absolute atomic E-state index is 0.479. The third-order valence-corrected chi connectivity index (χ3v) is 4.01. The van der Waals surface area contributed by atoms with E-state index in [0.29, 0.717) is 6.04 Å². The third-order valence-electron chi connectivity index (χ3n) is 3.19. The Morgan fingerprint density at radius 3 is 3.22 bits per heavy atom. The van der Waals surface area contributed by atoms with Crippen LogP contribution in [0.3, 0.4) is 0 Å². The molecule has 0 aliphatic carbocycles. The summed E-state index contributed by atoms with van der Waals surface area (Å²) in [7, 11) is 0. The van der Waals surface area contributed by atoms with Crippen LogP contribution in [0.1, 0.15) is 24.0 Å². The Hall–Kier alpha value is -0.490. The molecule has 5 heteroatoms. The topological polar surface area (TPSA) is 37.4 Å². The number of hydrogen-bond acceptors (Lipinski definition) is 5. The fraction of sp³-hybridized carbons (Fsp3) is 0.769. The lowest BCUT2D eigenvalue weighted by Crippen LogP contribution is -2.50. The molecule has 1 aromatic rings. The predicted molar refractivity (Wildman–Crippen MR) is 75.0 cm³/mol. The molecule has 1 aromatic heterocycles. The molecule has 0 saturated carbocycles. The lowest BCUT2D eigenvalue weighted by molar-refractivity contribution is -0.0113. The zero-order valence-electron chi connectivity index (χ0n) is 11.3. The quantitative estimate of drug-likeness (QED) is 0.797. The molecule has 1 N–H and O–H groups in total. The highest BCUT2D eigenvalue weighted by Crippen LogP contribution is 2.14. The van der Waals surface area contributed by atoms with Gasteiger partial charge in [-0.1, -0.05) is 6.92 Å². The summed E-state index contributed by atoms with van der Waals surface area (Å²) in [5, 5.41) is 6.81. The number of aromatic nitrogens is 1. The standard InChI is InChI=1S/C13H23N3OS/c1-3-4-14-7-13-9-17-6-5-16(13)8-12-10-18-11(2)15-12/h10,13-14H,3-9H2,1-2H3. The lowest BCUT2D eigenvalue weighted by atomic mass is 10.2. The Bertz CT molecular complexity index is 356. The van der Waals surface area contributed by atoms with Crippen molar-refractivity contribution in [3.05, 3.63) is 16.1 Å². The van der Waals surface area contributed by atoms with Crippen LogP contribution in [0.4, 0.5) is 0 Å². The van der Waals surface area contributed by atoms with Crippen molar-refractivity contribution >= 4 is 11.3 Å². The van der Waals surface area contributed by atoms with Crippen molar-refractivity contribution in [3.63, 3.8) is 0 Å². The smallest absolute Gasteiger partial charge is 0.0897 e. The van der Waals surface area contributed by atoms with Gasteiger partial charge in [-0.25, -0.2) is 4.98 Å². The minimum Gasteiger partial charge on any atom is -0.378 e. The molecule has 1 atom stereocenters. The largest absolute Gasteiger partial charge is 0.378 e. The van der Waals surface area contributed by atoms with E-state index in [1.54, 1.807) is 11.3 Å². The van der Waals surface area contributed by atoms with Crippen LogP contribution in [0.5, 0.6) is 0 Å². The summed E-state index contributed by atoms with van der Waals surface area (Å²) in [5.74, 6) is 0. The molecule has 2 heterocycles. The number of nitrogens with zero attached hydrogens (tertiary/aromatic N) is 2. The summed E-state index contributed by atoms with van der Waals surface area (Å²) in [4.78, 5) is 7.04.